The van der Waals surface area contributed by atoms with Gasteiger partial charge in [-0.15, -0.1) is 0 Å². The highest BCUT2D eigenvalue weighted by Crippen LogP contribution is 2.18. The third-order valence-corrected chi connectivity index (χ3v) is 4.89. The van der Waals surface area contributed by atoms with E-state index in [1.807, 2.05) is 0 Å². The summed E-state index contributed by atoms with van der Waals surface area (Å²) in [5.41, 5.74) is 7.31. The van der Waals surface area contributed by atoms with Crippen molar-refractivity contribution in [3.63, 3.8) is 0 Å². The number of benzene rings is 1. The monoisotopic (exact) mass is 314 g/mol. The highest BCUT2D eigenvalue weighted by molar-refractivity contribution is 7.93. The molecule has 0 saturated carbocycles. The summed E-state index contributed by atoms with van der Waals surface area (Å²) in [4.78, 5) is 23.0. The molecule has 0 radical (unpaired) electrons. The minimum absolute atomic E-state index is 0.467. The summed E-state index contributed by atoms with van der Waals surface area (Å²) >= 11 is 0. The van der Waals surface area contributed by atoms with E-state index in [-0.39, 0.29) is 0 Å². The fourth-order valence-corrected chi connectivity index (χ4v) is 2.65. The van der Waals surface area contributed by atoms with Crippen molar-refractivity contribution in [2.24, 2.45) is 0 Å². The Morgan fingerprint density at radius 3 is 2.52 bits per heavy atom. The van der Waals surface area contributed by atoms with E-state index in [0.717, 1.165) is 7.11 Å². The second-order valence-corrected chi connectivity index (χ2v) is 6.91. The summed E-state index contributed by atoms with van der Waals surface area (Å²) in [5, 5.41) is 1.14. The first kappa shape index (κ1) is 17.0. The maximum Gasteiger partial charge on any atom is 0.320 e. The van der Waals surface area contributed by atoms with E-state index >= 15 is 0 Å². The van der Waals surface area contributed by atoms with Crippen molar-refractivity contribution in [1.82, 2.24) is 0 Å². The number of esters is 1. The number of nitrogens with two attached hydrogens (primary N) is 1. The molecule has 0 fully saturated rings. The fourth-order valence-electron chi connectivity index (χ4n) is 1.57. The zero-order chi connectivity index (χ0) is 16.2. The van der Waals surface area contributed by atoms with Gasteiger partial charge in [-0.05, 0) is 37.6 Å². The largest absolute Gasteiger partial charge is 0.468 e. The lowest BCUT2D eigenvalue weighted by Crippen LogP contribution is -2.36. The van der Waals surface area contributed by atoms with Crippen LogP contribution in [0.15, 0.2) is 18.2 Å². The normalized spacial score (nSPS) is 12.5. The molecule has 1 amide bonds. The number of carbonyl (C=O) groups excluding carboxylic acids is 2. The number of carbonyl (C=O) groups is 2. The van der Waals surface area contributed by atoms with Crippen LogP contribution in [0.5, 0.6) is 0 Å². The van der Waals surface area contributed by atoms with Crippen molar-refractivity contribution >= 4 is 33.1 Å². The molecule has 0 spiro atoms. The predicted octanol–water partition coefficient (Wildman–Crippen LogP) is 0.492. The number of sulfone groups is 1. The third kappa shape index (κ3) is 4.45. The molecule has 21 heavy (non-hydrogen) atoms. The maximum absolute atomic E-state index is 12.0. The summed E-state index contributed by atoms with van der Waals surface area (Å²) in [5.74, 6) is -2.45. The number of rotatable bonds is 5. The molecule has 1 atom stereocenters. The van der Waals surface area contributed by atoms with E-state index in [1.165, 1.54) is 6.92 Å². The number of nitrogens with one attached hydrogen (secondary N) is 1. The molecule has 8 heteroatoms. The van der Waals surface area contributed by atoms with Gasteiger partial charge in [0.15, 0.2) is 9.84 Å². The van der Waals surface area contributed by atoms with Crippen LogP contribution in [0.3, 0.4) is 0 Å². The minimum atomic E-state index is -3.92. The number of nitrogen functional groups attached to an aromatic ring is 1. The molecular formula is C13H18N2O5S. The molecule has 0 saturated heterocycles. The van der Waals surface area contributed by atoms with Crippen LogP contribution in [0.25, 0.3) is 0 Å². The molecule has 1 unspecified atom stereocenters. The molecule has 0 heterocycles. The van der Waals surface area contributed by atoms with Gasteiger partial charge in [0.1, 0.15) is 11.0 Å². The number of anilines is 2. The Bertz CT molecular complexity index is 655. The third-order valence-electron chi connectivity index (χ3n) is 2.96. The zero-order valence-electron chi connectivity index (χ0n) is 12.0. The van der Waals surface area contributed by atoms with Crippen molar-refractivity contribution in [2.75, 3.05) is 23.9 Å². The number of methoxy groups -OCH3 is 1. The van der Waals surface area contributed by atoms with Crippen LogP contribution in [-0.4, -0.2) is 38.4 Å². The second-order valence-electron chi connectivity index (χ2n) is 4.59. The molecule has 7 nitrogen and oxygen atoms in total. The van der Waals surface area contributed by atoms with Crippen LogP contribution in [-0.2, 0) is 24.2 Å². The molecule has 0 aliphatic rings. The van der Waals surface area contributed by atoms with Crippen LogP contribution in [0.4, 0.5) is 11.4 Å². The number of aryl methyl sites for hydroxylation is 1. The van der Waals surface area contributed by atoms with E-state index < -0.39 is 32.7 Å². The molecule has 0 aliphatic heterocycles. The average molecular weight is 314 g/mol. The Hall–Kier alpha value is -2.09. The van der Waals surface area contributed by atoms with E-state index in [2.05, 4.69) is 10.1 Å². The number of hydrogen-bond acceptors (Lipinski definition) is 6. The Kier molecular flexibility index (Phi) is 5.31. The first-order valence-corrected chi connectivity index (χ1v) is 7.84. The van der Waals surface area contributed by atoms with Crippen molar-refractivity contribution in [1.29, 1.82) is 0 Å². The van der Waals surface area contributed by atoms with Gasteiger partial charge in [0.05, 0.1) is 7.11 Å². The molecule has 0 aliphatic carbocycles. The van der Waals surface area contributed by atoms with E-state index in [9.17, 15) is 18.0 Å². The van der Waals surface area contributed by atoms with Gasteiger partial charge in [-0.1, -0.05) is 0 Å². The Balaban J connectivity index is 2.86. The minimum Gasteiger partial charge on any atom is -0.468 e. The van der Waals surface area contributed by atoms with Crippen LogP contribution < -0.4 is 11.1 Å². The quantitative estimate of drug-likeness (QED) is 0.603. The summed E-state index contributed by atoms with van der Waals surface area (Å²) in [7, 11) is -2.84. The molecule has 0 aromatic heterocycles. The highest BCUT2D eigenvalue weighted by atomic mass is 32.2. The number of hydrogen-bond donors (Lipinski definition) is 2. The lowest BCUT2D eigenvalue weighted by atomic mass is 10.2. The van der Waals surface area contributed by atoms with Crippen molar-refractivity contribution < 1.29 is 22.7 Å². The van der Waals surface area contributed by atoms with Gasteiger partial charge < -0.3 is 15.8 Å². The van der Waals surface area contributed by atoms with Gasteiger partial charge in [-0.25, -0.2) is 8.42 Å². The molecule has 0 bridgehead atoms. The summed E-state index contributed by atoms with van der Waals surface area (Å²) < 4.78 is 28.1. The number of ether oxygens (including phenoxy) is 1. The summed E-state index contributed by atoms with van der Waals surface area (Å²) in [6, 6.07) is 4.83. The summed E-state index contributed by atoms with van der Waals surface area (Å²) in [6.07, 6.45) is 0. The lowest BCUT2D eigenvalue weighted by Gasteiger charge is -2.14. The molecule has 1 rings (SSSR count). The molecule has 1 aromatic rings. The Morgan fingerprint density at radius 1 is 1.38 bits per heavy atom. The first-order chi connectivity index (χ1) is 9.67. The van der Waals surface area contributed by atoms with Crippen molar-refractivity contribution in [3.05, 3.63) is 23.8 Å². The molecule has 1 aromatic carbocycles. The highest BCUT2D eigenvalue weighted by Gasteiger charge is 2.30. The van der Waals surface area contributed by atoms with Gasteiger partial charge in [0.25, 0.3) is 0 Å². The number of amides is 1. The second kappa shape index (κ2) is 6.57. The van der Waals surface area contributed by atoms with Gasteiger partial charge >= 0.3 is 5.97 Å². The standard InChI is InChI=1S/C13H18N2O5S/c1-8-6-10(14)4-5-11(8)15-13(17)9(2)21(18,19)7-12(16)20-3/h4-6,9H,7,14H2,1-3H3,(H,15,17). The Morgan fingerprint density at radius 2 is 2.00 bits per heavy atom. The topological polar surface area (TPSA) is 116 Å². The molecule has 3 N–H and O–H groups in total. The van der Waals surface area contributed by atoms with Crippen molar-refractivity contribution in [3.8, 4) is 0 Å². The van der Waals surface area contributed by atoms with Crippen LogP contribution in [0.2, 0.25) is 0 Å². The van der Waals surface area contributed by atoms with Crippen LogP contribution in [0.1, 0.15) is 12.5 Å². The van der Waals surface area contributed by atoms with Crippen LogP contribution >= 0.6 is 0 Å². The molecule has 116 valence electrons. The van der Waals surface area contributed by atoms with Gasteiger partial charge in [-0.2, -0.15) is 0 Å². The van der Waals surface area contributed by atoms with Gasteiger partial charge in [-0.3, -0.25) is 9.59 Å². The maximum atomic E-state index is 12.0. The van der Waals surface area contributed by atoms with E-state index in [0.29, 0.717) is 16.9 Å². The van der Waals surface area contributed by atoms with Crippen molar-refractivity contribution in [2.45, 2.75) is 19.1 Å². The van der Waals surface area contributed by atoms with E-state index in [4.69, 9.17) is 5.73 Å². The van der Waals surface area contributed by atoms with Gasteiger partial charge in [0, 0.05) is 11.4 Å². The van der Waals surface area contributed by atoms with E-state index in [1.54, 1.807) is 25.1 Å². The van der Waals surface area contributed by atoms with Crippen LogP contribution in [0, 0.1) is 6.92 Å². The first-order valence-electron chi connectivity index (χ1n) is 6.12. The zero-order valence-corrected chi connectivity index (χ0v) is 12.9. The summed E-state index contributed by atoms with van der Waals surface area (Å²) in [6.45, 7) is 2.96. The predicted molar refractivity (Wildman–Crippen MR) is 79.5 cm³/mol. The fraction of sp³-hybridized carbons (Fsp3) is 0.385. The molecular weight excluding hydrogens is 296 g/mol. The Labute approximate surface area is 123 Å². The smallest absolute Gasteiger partial charge is 0.320 e. The SMILES string of the molecule is COC(=O)CS(=O)(=O)C(C)C(=O)Nc1ccc(N)cc1C. The van der Waals surface area contributed by atoms with Gasteiger partial charge in [0.2, 0.25) is 5.91 Å². The average Bonchev–Trinajstić information content (AvgIpc) is 2.40. The lowest BCUT2D eigenvalue weighted by molar-refractivity contribution is -0.137.